The SMILES string of the molecule is O=C(O)C1CCCC(NC(=O)N(CCO)CCO)C1. The zero-order valence-electron chi connectivity index (χ0n) is 10.9. The van der Waals surface area contributed by atoms with Crippen molar-refractivity contribution in [2.24, 2.45) is 5.92 Å². The lowest BCUT2D eigenvalue weighted by Crippen LogP contribution is -2.48. The van der Waals surface area contributed by atoms with Crippen LogP contribution in [0.3, 0.4) is 0 Å². The van der Waals surface area contributed by atoms with Crippen LogP contribution in [-0.4, -0.2) is 64.6 Å². The molecule has 7 nitrogen and oxygen atoms in total. The molecule has 0 aromatic carbocycles. The number of carbonyl (C=O) groups is 2. The zero-order chi connectivity index (χ0) is 14.3. The molecule has 2 unspecified atom stereocenters. The van der Waals surface area contributed by atoms with Crippen molar-refractivity contribution in [2.75, 3.05) is 26.3 Å². The number of nitrogens with one attached hydrogen (secondary N) is 1. The highest BCUT2D eigenvalue weighted by Crippen LogP contribution is 2.24. The Morgan fingerprint density at radius 3 is 2.32 bits per heavy atom. The molecule has 2 atom stereocenters. The Balaban J connectivity index is 2.47. The van der Waals surface area contributed by atoms with Crippen LogP contribution in [0, 0.1) is 5.92 Å². The summed E-state index contributed by atoms with van der Waals surface area (Å²) in [6.45, 7) is -0.0331. The summed E-state index contributed by atoms with van der Waals surface area (Å²) in [4.78, 5) is 24.2. The molecule has 19 heavy (non-hydrogen) atoms. The summed E-state index contributed by atoms with van der Waals surface area (Å²) in [7, 11) is 0. The Hall–Kier alpha value is -1.34. The fourth-order valence-corrected chi connectivity index (χ4v) is 2.37. The quantitative estimate of drug-likeness (QED) is 0.528. The average Bonchev–Trinajstić information content (AvgIpc) is 2.38. The highest BCUT2D eigenvalue weighted by molar-refractivity contribution is 5.75. The molecule has 0 aromatic rings. The summed E-state index contributed by atoms with van der Waals surface area (Å²) in [5, 5.41) is 29.5. The standard InChI is InChI=1S/C12H22N2O5/c15-6-4-14(5-7-16)12(19)13-10-3-1-2-9(8-10)11(17)18/h9-10,15-16H,1-8H2,(H,13,19)(H,17,18). The van der Waals surface area contributed by atoms with Crippen LogP contribution in [0.5, 0.6) is 0 Å². The molecule has 4 N–H and O–H groups in total. The van der Waals surface area contributed by atoms with E-state index < -0.39 is 11.9 Å². The van der Waals surface area contributed by atoms with Gasteiger partial charge in [-0.05, 0) is 19.3 Å². The maximum atomic E-state index is 11.9. The number of urea groups is 1. The maximum absolute atomic E-state index is 11.9. The van der Waals surface area contributed by atoms with Crippen LogP contribution in [0.2, 0.25) is 0 Å². The van der Waals surface area contributed by atoms with E-state index in [4.69, 9.17) is 15.3 Å². The first-order valence-corrected chi connectivity index (χ1v) is 6.58. The second kappa shape index (κ2) is 7.96. The number of aliphatic hydroxyl groups excluding tert-OH is 2. The van der Waals surface area contributed by atoms with Crippen molar-refractivity contribution in [2.45, 2.75) is 31.7 Å². The number of rotatable bonds is 6. The minimum absolute atomic E-state index is 0.151. The van der Waals surface area contributed by atoms with Gasteiger partial charge in [0.25, 0.3) is 0 Å². The lowest BCUT2D eigenvalue weighted by atomic mass is 9.86. The number of hydrogen-bond acceptors (Lipinski definition) is 4. The highest BCUT2D eigenvalue weighted by atomic mass is 16.4. The topological polar surface area (TPSA) is 110 Å². The summed E-state index contributed by atoms with van der Waals surface area (Å²) >= 11 is 0. The summed E-state index contributed by atoms with van der Waals surface area (Å²) in [6, 6.07) is -0.513. The summed E-state index contributed by atoms with van der Waals surface area (Å²) < 4.78 is 0. The van der Waals surface area contributed by atoms with Gasteiger partial charge in [-0.1, -0.05) is 6.42 Å². The van der Waals surface area contributed by atoms with Crippen LogP contribution in [-0.2, 0) is 4.79 Å². The number of amides is 2. The second-order valence-electron chi connectivity index (χ2n) is 4.78. The first-order valence-electron chi connectivity index (χ1n) is 6.58. The van der Waals surface area contributed by atoms with E-state index in [9.17, 15) is 9.59 Å². The van der Waals surface area contributed by atoms with Crippen LogP contribution in [0.1, 0.15) is 25.7 Å². The van der Waals surface area contributed by atoms with Crippen molar-refractivity contribution in [3.63, 3.8) is 0 Å². The van der Waals surface area contributed by atoms with E-state index in [-0.39, 0.29) is 38.4 Å². The molecule has 1 aliphatic rings. The molecule has 0 saturated heterocycles. The van der Waals surface area contributed by atoms with Gasteiger partial charge >= 0.3 is 12.0 Å². The summed E-state index contributed by atoms with van der Waals surface area (Å²) in [6.07, 6.45) is 2.63. The number of aliphatic hydroxyl groups is 2. The molecule has 1 rings (SSSR count). The third-order valence-electron chi connectivity index (χ3n) is 3.38. The van der Waals surface area contributed by atoms with Crippen molar-refractivity contribution in [3.05, 3.63) is 0 Å². The van der Waals surface area contributed by atoms with Gasteiger partial charge < -0.3 is 25.5 Å². The predicted molar refractivity (Wildman–Crippen MR) is 67.7 cm³/mol. The fraction of sp³-hybridized carbons (Fsp3) is 0.833. The van der Waals surface area contributed by atoms with E-state index in [1.165, 1.54) is 4.90 Å². The monoisotopic (exact) mass is 274 g/mol. The molecule has 1 aliphatic carbocycles. The van der Waals surface area contributed by atoms with E-state index in [1.807, 2.05) is 0 Å². The molecule has 0 bridgehead atoms. The van der Waals surface area contributed by atoms with Gasteiger partial charge in [-0.25, -0.2) is 4.79 Å². The van der Waals surface area contributed by atoms with E-state index >= 15 is 0 Å². The van der Waals surface area contributed by atoms with Crippen molar-refractivity contribution in [3.8, 4) is 0 Å². The lowest BCUT2D eigenvalue weighted by molar-refractivity contribution is -0.143. The Bertz CT molecular complexity index is 304. The van der Waals surface area contributed by atoms with Gasteiger partial charge in [-0.2, -0.15) is 0 Å². The number of carboxylic acid groups (broad SMARTS) is 1. The van der Waals surface area contributed by atoms with Crippen molar-refractivity contribution >= 4 is 12.0 Å². The highest BCUT2D eigenvalue weighted by Gasteiger charge is 2.28. The number of hydrogen-bond donors (Lipinski definition) is 4. The van der Waals surface area contributed by atoms with Gasteiger partial charge in [0.2, 0.25) is 0 Å². The van der Waals surface area contributed by atoms with Gasteiger partial charge in [0, 0.05) is 19.1 Å². The molecule has 0 aliphatic heterocycles. The van der Waals surface area contributed by atoms with E-state index in [0.29, 0.717) is 12.8 Å². The molecule has 1 fully saturated rings. The third-order valence-corrected chi connectivity index (χ3v) is 3.38. The van der Waals surface area contributed by atoms with Crippen molar-refractivity contribution < 1.29 is 24.9 Å². The minimum atomic E-state index is -0.818. The number of carboxylic acids is 1. The maximum Gasteiger partial charge on any atom is 0.317 e. The van der Waals surface area contributed by atoms with Crippen molar-refractivity contribution in [1.82, 2.24) is 10.2 Å². The van der Waals surface area contributed by atoms with Gasteiger partial charge in [-0.15, -0.1) is 0 Å². The smallest absolute Gasteiger partial charge is 0.317 e. The molecule has 1 saturated carbocycles. The number of nitrogens with zero attached hydrogens (tertiary/aromatic N) is 1. The normalized spacial score (nSPS) is 22.8. The largest absolute Gasteiger partial charge is 0.481 e. The molecule has 0 heterocycles. The molecule has 0 radical (unpaired) electrons. The Morgan fingerprint density at radius 1 is 1.16 bits per heavy atom. The van der Waals surface area contributed by atoms with Crippen LogP contribution < -0.4 is 5.32 Å². The van der Waals surface area contributed by atoms with Crippen LogP contribution in [0.25, 0.3) is 0 Å². The van der Waals surface area contributed by atoms with E-state index in [0.717, 1.165) is 12.8 Å². The van der Waals surface area contributed by atoms with Gasteiger partial charge in [0.15, 0.2) is 0 Å². The van der Waals surface area contributed by atoms with Gasteiger partial charge in [-0.3, -0.25) is 4.79 Å². The average molecular weight is 274 g/mol. The van der Waals surface area contributed by atoms with Gasteiger partial charge in [0.05, 0.1) is 19.1 Å². The van der Waals surface area contributed by atoms with E-state index in [2.05, 4.69) is 5.32 Å². The van der Waals surface area contributed by atoms with Crippen LogP contribution in [0.15, 0.2) is 0 Å². The number of aliphatic carboxylic acids is 1. The zero-order valence-corrected chi connectivity index (χ0v) is 10.9. The third kappa shape index (κ3) is 5.04. The van der Waals surface area contributed by atoms with E-state index in [1.54, 1.807) is 0 Å². The minimum Gasteiger partial charge on any atom is -0.481 e. The predicted octanol–water partition coefficient (Wildman–Crippen LogP) is -0.374. The molecule has 0 spiro atoms. The second-order valence-corrected chi connectivity index (χ2v) is 4.78. The van der Waals surface area contributed by atoms with Crippen LogP contribution >= 0.6 is 0 Å². The van der Waals surface area contributed by atoms with Crippen molar-refractivity contribution in [1.29, 1.82) is 0 Å². The summed E-state index contributed by atoms with van der Waals surface area (Å²) in [5.74, 6) is -1.22. The van der Waals surface area contributed by atoms with Gasteiger partial charge in [0.1, 0.15) is 0 Å². The lowest BCUT2D eigenvalue weighted by Gasteiger charge is -2.30. The molecule has 7 heteroatoms. The molecule has 2 amide bonds. The Morgan fingerprint density at radius 2 is 1.79 bits per heavy atom. The first kappa shape index (κ1) is 15.7. The fourth-order valence-electron chi connectivity index (χ4n) is 2.37. The molecule has 0 aromatic heterocycles. The first-order chi connectivity index (χ1) is 9.08. The molecular weight excluding hydrogens is 252 g/mol. The number of carbonyl (C=O) groups excluding carboxylic acids is 1. The Labute approximate surface area is 112 Å². The van der Waals surface area contributed by atoms with Crippen LogP contribution in [0.4, 0.5) is 4.79 Å². The Kier molecular flexibility index (Phi) is 6.58. The summed E-state index contributed by atoms with van der Waals surface area (Å²) in [5.41, 5.74) is 0. The molecular formula is C12H22N2O5. The molecule has 110 valence electrons.